The summed E-state index contributed by atoms with van der Waals surface area (Å²) in [5.41, 5.74) is 4.23. The molecule has 0 amide bonds. The molecular formula is C25H19Cl2NO3. The van der Waals surface area contributed by atoms with Gasteiger partial charge in [0.05, 0.1) is 5.56 Å². The van der Waals surface area contributed by atoms with Gasteiger partial charge in [-0.1, -0.05) is 53.5 Å². The zero-order chi connectivity index (χ0) is 21.5. The molecule has 0 aliphatic carbocycles. The second-order valence-electron chi connectivity index (χ2n) is 7.71. The van der Waals surface area contributed by atoms with Crippen molar-refractivity contribution in [1.29, 1.82) is 0 Å². The van der Waals surface area contributed by atoms with Crippen molar-refractivity contribution >= 4 is 35.1 Å². The number of carbonyl (C=O) groups excluding carboxylic acids is 1. The van der Waals surface area contributed by atoms with Gasteiger partial charge in [0.2, 0.25) is 5.78 Å². The van der Waals surface area contributed by atoms with Crippen LogP contribution in [0.5, 0.6) is 11.5 Å². The Kier molecular flexibility index (Phi) is 5.22. The zero-order valence-electron chi connectivity index (χ0n) is 16.8. The van der Waals surface area contributed by atoms with Gasteiger partial charge in [-0.3, -0.25) is 9.69 Å². The largest absolute Gasteiger partial charge is 0.477 e. The minimum Gasteiger partial charge on any atom is -0.477 e. The minimum absolute atomic E-state index is 0.135. The lowest BCUT2D eigenvalue weighted by Gasteiger charge is -2.30. The average Bonchev–Trinajstić information content (AvgIpc) is 3.06. The van der Waals surface area contributed by atoms with Gasteiger partial charge in [0.25, 0.3) is 0 Å². The highest BCUT2D eigenvalue weighted by molar-refractivity contribution is 6.31. The molecule has 2 aliphatic rings. The first kappa shape index (κ1) is 20.1. The second-order valence-corrected chi connectivity index (χ2v) is 8.56. The first-order chi connectivity index (χ1) is 15.0. The molecule has 0 radical (unpaired) electrons. The SMILES string of the molecule is Cc1c2c(cc3c1O/C(=C\c1cccc(Cl)c1)C3=O)CN(Cc1ccccc1Cl)CO2. The summed E-state index contributed by atoms with van der Waals surface area (Å²) in [5, 5.41) is 1.34. The van der Waals surface area contributed by atoms with Gasteiger partial charge >= 0.3 is 0 Å². The lowest BCUT2D eigenvalue weighted by atomic mass is 10.00. The van der Waals surface area contributed by atoms with Crippen LogP contribution in [0.1, 0.15) is 32.6 Å². The molecule has 156 valence electrons. The molecule has 3 aromatic carbocycles. The van der Waals surface area contributed by atoms with E-state index >= 15 is 0 Å². The smallest absolute Gasteiger partial charge is 0.231 e. The van der Waals surface area contributed by atoms with E-state index in [4.69, 9.17) is 32.7 Å². The summed E-state index contributed by atoms with van der Waals surface area (Å²) in [7, 11) is 0. The highest BCUT2D eigenvalue weighted by Crippen LogP contribution is 2.43. The Labute approximate surface area is 190 Å². The molecule has 4 nitrogen and oxygen atoms in total. The van der Waals surface area contributed by atoms with E-state index in [0.29, 0.717) is 36.2 Å². The van der Waals surface area contributed by atoms with Crippen molar-refractivity contribution in [2.45, 2.75) is 20.0 Å². The Morgan fingerprint density at radius 1 is 1.06 bits per heavy atom. The number of ketones is 1. The van der Waals surface area contributed by atoms with Crippen LogP contribution in [0.4, 0.5) is 0 Å². The first-order valence-electron chi connectivity index (χ1n) is 9.94. The summed E-state index contributed by atoms with van der Waals surface area (Å²) >= 11 is 12.4. The lowest BCUT2D eigenvalue weighted by molar-refractivity contribution is 0.0877. The molecule has 0 unspecified atom stereocenters. The standard InChI is InChI=1S/C25H19Cl2NO3/c1-15-24-18(13-28(14-30-24)12-17-6-2-3-8-21(17)27)11-20-23(29)22(31-25(15)20)10-16-5-4-7-19(26)9-16/h2-11H,12-14H2,1H3/b22-10-. The highest BCUT2D eigenvalue weighted by Gasteiger charge is 2.33. The number of halogens is 2. The van der Waals surface area contributed by atoms with Crippen LogP contribution in [0.15, 0.2) is 60.4 Å². The Hall–Kier alpha value is -2.79. The van der Waals surface area contributed by atoms with E-state index in [2.05, 4.69) is 4.90 Å². The molecule has 0 bridgehead atoms. The van der Waals surface area contributed by atoms with Gasteiger partial charge in [-0.15, -0.1) is 0 Å². The number of rotatable bonds is 3. The molecule has 31 heavy (non-hydrogen) atoms. The van der Waals surface area contributed by atoms with Gasteiger partial charge in [0, 0.05) is 34.3 Å². The first-order valence-corrected chi connectivity index (χ1v) is 10.7. The van der Waals surface area contributed by atoms with E-state index in [1.807, 2.05) is 49.4 Å². The molecule has 0 saturated carbocycles. The number of nitrogens with zero attached hydrogens (tertiary/aromatic N) is 1. The third-order valence-corrected chi connectivity index (χ3v) is 6.10. The van der Waals surface area contributed by atoms with Gasteiger partial charge in [0.1, 0.15) is 18.2 Å². The second kappa shape index (κ2) is 8.04. The van der Waals surface area contributed by atoms with Crippen molar-refractivity contribution in [3.8, 4) is 11.5 Å². The predicted octanol–water partition coefficient (Wildman–Crippen LogP) is 6.27. The number of benzene rings is 3. The van der Waals surface area contributed by atoms with Crippen molar-refractivity contribution in [2.75, 3.05) is 6.73 Å². The summed E-state index contributed by atoms with van der Waals surface area (Å²) in [5.74, 6) is 1.50. The number of ether oxygens (including phenoxy) is 2. The third kappa shape index (κ3) is 3.83. The van der Waals surface area contributed by atoms with Crippen molar-refractivity contribution in [3.05, 3.63) is 98.2 Å². The molecule has 3 aromatic rings. The van der Waals surface area contributed by atoms with Crippen LogP contribution >= 0.6 is 23.2 Å². The summed E-state index contributed by atoms with van der Waals surface area (Å²) in [6, 6.07) is 17.0. The molecule has 0 saturated heterocycles. The maximum Gasteiger partial charge on any atom is 0.231 e. The molecule has 2 aliphatic heterocycles. The van der Waals surface area contributed by atoms with Crippen LogP contribution in [0, 0.1) is 6.92 Å². The normalized spacial score (nSPS) is 16.6. The molecule has 2 heterocycles. The van der Waals surface area contributed by atoms with Crippen molar-refractivity contribution in [3.63, 3.8) is 0 Å². The van der Waals surface area contributed by atoms with Gasteiger partial charge in [0.15, 0.2) is 5.76 Å². The average molecular weight is 452 g/mol. The van der Waals surface area contributed by atoms with Crippen LogP contribution in [-0.4, -0.2) is 17.4 Å². The van der Waals surface area contributed by atoms with E-state index in [0.717, 1.165) is 33.0 Å². The fourth-order valence-electron chi connectivity index (χ4n) is 4.01. The quantitative estimate of drug-likeness (QED) is 0.439. The molecule has 0 aromatic heterocycles. The molecule has 0 fully saturated rings. The van der Waals surface area contributed by atoms with Gasteiger partial charge in [-0.25, -0.2) is 0 Å². The number of allylic oxidation sites excluding steroid dienone is 1. The van der Waals surface area contributed by atoms with Gasteiger partial charge in [-0.2, -0.15) is 0 Å². The van der Waals surface area contributed by atoms with Gasteiger partial charge in [-0.05, 0) is 48.4 Å². The Bertz CT molecular complexity index is 1240. The summed E-state index contributed by atoms with van der Waals surface area (Å²) in [6.07, 6.45) is 1.72. The number of Topliss-reactive ketones (excluding diaryl/α,β-unsaturated/α-hetero) is 1. The minimum atomic E-state index is -0.135. The molecule has 6 heteroatoms. The number of hydrogen-bond donors (Lipinski definition) is 0. The lowest BCUT2D eigenvalue weighted by Crippen LogP contribution is -2.32. The Balaban J connectivity index is 1.43. The number of carbonyl (C=O) groups is 1. The topological polar surface area (TPSA) is 38.8 Å². The van der Waals surface area contributed by atoms with Gasteiger partial charge < -0.3 is 9.47 Å². The van der Waals surface area contributed by atoms with E-state index in [-0.39, 0.29) is 11.5 Å². The van der Waals surface area contributed by atoms with Crippen molar-refractivity contribution < 1.29 is 14.3 Å². The fraction of sp³-hybridized carbons (Fsp3) is 0.160. The summed E-state index contributed by atoms with van der Waals surface area (Å²) in [6.45, 7) is 3.70. The molecule has 0 N–H and O–H groups in total. The van der Waals surface area contributed by atoms with Crippen molar-refractivity contribution in [2.24, 2.45) is 0 Å². The van der Waals surface area contributed by atoms with E-state index in [1.165, 1.54) is 0 Å². The number of hydrogen-bond acceptors (Lipinski definition) is 4. The summed E-state index contributed by atoms with van der Waals surface area (Å²) < 4.78 is 12.0. The maximum atomic E-state index is 13.0. The monoisotopic (exact) mass is 451 g/mol. The van der Waals surface area contributed by atoms with Crippen LogP contribution < -0.4 is 9.47 Å². The van der Waals surface area contributed by atoms with Crippen molar-refractivity contribution in [1.82, 2.24) is 4.90 Å². The van der Waals surface area contributed by atoms with Crippen LogP contribution in [0.2, 0.25) is 10.0 Å². The number of fused-ring (bicyclic) bond motifs is 2. The van der Waals surface area contributed by atoms with E-state index in [1.54, 1.807) is 18.2 Å². The fourth-order valence-corrected chi connectivity index (χ4v) is 4.41. The Morgan fingerprint density at radius 2 is 1.90 bits per heavy atom. The molecule has 5 rings (SSSR count). The molecule has 0 spiro atoms. The van der Waals surface area contributed by atoms with E-state index in [9.17, 15) is 4.79 Å². The zero-order valence-corrected chi connectivity index (χ0v) is 18.3. The summed E-state index contributed by atoms with van der Waals surface area (Å²) in [4.78, 5) is 15.2. The van der Waals surface area contributed by atoms with E-state index < -0.39 is 0 Å². The highest BCUT2D eigenvalue weighted by atomic mass is 35.5. The molecule has 0 atom stereocenters. The third-order valence-electron chi connectivity index (χ3n) is 5.50. The predicted molar refractivity (Wildman–Crippen MR) is 122 cm³/mol. The van der Waals surface area contributed by atoms with Crippen LogP contribution in [-0.2, 0) is 13.1 Å². The maximum absolute atomic E-state index is 13.0. The molecular weight excluding hydrogens is 433 g/mol. The Morgan fingerprint density at radius 3 is 2.71 bits per heavy atom. The van der Waals surface area contributed by atoms with Crippen LogP contribution in [0.25, 0.3) is 6.08 Å². The van der Waals surface area contributed by atoms with Crippen LogP contribution in [0.3, 0.4) is 0 Å².